The van der Waals surface area contributed by atoms with Crippen LogP contribution in [0.3, 0.4) is 0 Å². The predicted molar refractivity (Wildman–Crippen MR) is 91.4 cm³/mol. The van der Waals surface area contributed by atoms with Gasteiger partial charge in [-0.2, -0.15) is 0 Å². The van der Waals surface area contributed by atoms with E-state index in [1.165, 1.54) is 17.4 Å². The second kappa shape index (κ2) is 6.77. The Bertz CT molecular complexity index is 932. The lowest BCUT2D eigenvalue weighted by Gasteiger charge is -2.06. The van der Waals surface area contributed by atoms with Crippen LogP contribution >= 0.6 is 22.7 Å². The largest absolute Gasteiger partial charge is 0.452 e. The number of primary amides is 1. The van der Waals surface area contributed by atoms with Crippen LogP contribution in [0.2, 0.25) is 0 Å². The van der Waals surface area contributed by atoms with Gasteiger partial charge in [0.1, 0.15) is 5.00 Å². The highest BCUT2D eigenvalue weighted by molar-refractivity contribution is 7.16. The number of aromatic nitrogens is 1. The fourth-order valence-electron chi connectivity index (χ4n) is 1.96. The number of fused-ring (bicyclic) bond motifs is 1. The highest BCUT2D eigenvalue weighted by Gasteiger charge is 2.15. The summed E-state index contributed by atoms with van der Waals surface area (Å²) < 4.78 is 5.85. The van der Waals surface area contributed by atoms with Gasteiger partial charge in [-0.25, -0.2) is 9.78 Å². The van der Waals surface area contributed by atoms with Crippen molar-refractivity contribution in [3.8, 4) is 0 Å². The van der Waals surface area contributed by atoms with Gasteiger partial charge in [0.2, 0.25) is 0 Å². The molecule has 9 heteroatoms. The molecule has 0 bridgehead atoms. The van der Waals surface area contributed by atoms with E-state index in [2.05, 4.69) is 10.3 Å². The average Bonchev–Trinajstić information content (AvgIpc) is 3.20. The molecule has 24 heavy (non-hydrogen) atoms. The lowest BCUT2D eigenvalue weighted by Crippen LogP contribution is -2.22. The standard InChI is InChI=1S/C15H11N3O4S2/c16-13(20)9-3-4-23-14(9)18-12(19)6-22-15(21)8-1-2-10-11(5-8)24-7-17-10/h1-5,7H,6H2,(H2,16,20)(H,18,19). The number of nitrogens with two attached hydrogens (primary N) is 1. The van der Waals surface area contributed by atoms with Crippen molar-refractivity contribution in [2.45, 2.75) is 0 Å². The smallest absolute Gasteiger partial charge is 0.338 e. The molecule has 0 aliphatic rings. The molecule has 0 atom stereocenters. The minimum absolute atomic E-state index is 0.218. The van der Waals surface area contributed by atoms with Crippen molar-refractivity contribution in [2.75, 3.05) is 11.9 Å². The zero-order valence-corrected chi connectivity index (χ0v) is 13.8. The molecule has 2 heterocycles. The second-order valence-corrected chi connectivity index (χ2v) is 6.49. The molecule has 2 amide bonds. The fraction of sp³-hybridized carbons (Fsp3) is 0.0667. The van der Waals surface area contributed by atoms with E-state index in [1.54, 1.807) is 29.1 Å². The molecule has 2 aromatic heterocycles. The molecule has 0 saturated carbocycles. The molecule has 0 aliphatic heterocycles. The molecule has 0 radical (unpaired) electrons. The Balaban J connectivity index is 1.60. The molecule has 0 fully saturated rings. The van der Waals surface area contributed by atoms with Crippen LogP contribution in [0.5, 0.6) is 0 Å². The van der Waals surface area contributed by atoms with E-state index in [0.717, 1.165) is 21.6 Å². The highest BCUT2D eigenvalue weighted by Crippen LogP contribution is 2.22. The Hall–Kier alpha value is -2.78. The summed E-state index contributed by atoms with van der Waals surface area (Å²) in [6.07, 6.45) is 0. The number of hydrogen-bond donors (Lipinski definition) is 2. The third-order valence-corrected chi connectivity index (χ3v) is 4.71. The van der Waals surface area contributed by atoms with Crippen LogP contribution in [0.4, 0.5) is 5.00 Å². The number of nitrogens with zero attached hydrogens (tertiary/aromatic N) is 1. The van der Waals surface area contributed by atoms with Crippen LogP contribution in [0.15, 0.2) is 35.2 Å². The van der Waals surface area contributed by atoms with Gasteiger partial charge in [0, 0.05) is 0 Å². The maximum atomic E-state index is 12.0. The second-order valence-electron chi connectivity index (χ2n) is 4.69. The summed E-state index contributed by atoms with van der Waals surface area (Å²) in [5.74, 6) is -1.80. The number of amides is 2. The number of benzene rings is 1. The van der Waals surface area contributed by atoms with Crippen molar-refractivity contribution in [2.24, 2.45) is 5.73 Å². The number of nitrogens with one attached hydrogen (secondary N) is 1. The van der Waals surface area contributed by atoms with Crippen molar-refractivity contribution in [3.63, 3.8) is 0 Å². The number of thiophene rings is 1. The number of carbonyl (C=O) groups is 3. The number of anilines is 1. The van der Waals surface area contributed by atoms with Crippen LogP contribution in [0.25, 0.3) is 10.2 Å². The maximum Gasteiger partial charge on any atom is 0.338 e. The highest BCUT2D eigenvalue weighted by atomic mass is 32.1. The molecule has 0 spiro atoms. The lowest BCUT2D eigenvalue weighted by atomic mass is 10.2. The minimum atomic E-state index is -0.638. The third-order valence-electron chi connectivity index (χ3n) is 3.08. The van der Waals surface area contributed by atoms with Crippen LogP contribution in [-0.4, -0.2) is 29.4 Å². The number of rotatable bonds is 5. The number of hydrogen-bond acceptors (Lipinski definition) is 7. The molecule has 7 nitrogen and oxygen atoms in total. The quantitative estimate of drug-likeness (QED) is 0.677. The van der Waals surface area contributed by atoms with Crippen molar-refractivity contribution in [1.29, 1.82) is 0 Å². The van der Waals surface area contributed by atoms with Gasteiger partial charge < -0.3 is 15.8 Å². The first-order valence-corrected chi connectivity index (χ1v) is 8.48. The summed E-state index contributed by atoms with van der Waals surface area (Å²) in [6.45, 7) is -0.463. The summed E-state index contributed by atoms with van der Waals surface area (Å²) in [6, 6.07) is 6.48. The molecular weight excluding hydrogens is 350 g/mol. The van der Waals surface area contributed by atoms with Crippen molar-refractivity contribution in [3.05, 3.63) is 46.3 Å². The first-order chi connectivity index (χ1) is 11.5. The van der Waals surface area contributed by atoms with Crippen molar-refractivity contribution >= 4 is 55.7 Å². The fourth-order valence-corrected chi connectivity index (χ4v) is 3.48. The van der Waals surface area contributed by atoms with E-state index in [-0.39, 0.29) is 5.56 Å². The van der Waals surface area contributed by atoms with E-state index < -0.39 is 24.4 Å². The van der Waals surface area contributed by atoms with Gasteiger partial charge in [-0.3, -0.25) is 9.59 Å². The van der Waals surface area contributed by atoms with E-state index in [9.17, 15) is 14.4 Å². The van der Waals surface area contributed by atoms with Gasteiger partial charge in [0.15, 0.2) is 6.61 Å². The first kappa shape index (κ1) is 16.1. The molecule has 1 aromatic carbocycles. The number of carbonyl (C=O) groups excluding carboxylic acids is 3. The van der Waals surface area contributed by atoms with Gasteiger partial charge in [-0.1, -0.05) is 0 Å². The predicted octanol–water partition coefficient (Wildman–Crippen LogP) is 2.25. The zero-order valence-electron chi connectivity index (χ0n) is 12.1. The monoisotopic (exact) mass is 361 g/mol. The van der Waals surface area contributed by atoms with E-state index in [1.807, 2.05) is 0 Å². The molecule has 0 unspecified atom stereocenters. The summed E-state index contributed by atoms with van der Waals surface area (Å²) in [5, 5.41) is 4.46. The average molecular weight is 361 g/mol. The molecule has 3 aromatic rings. The Morgan fingerprint density at radius 1 is 1.21 bits per heavy atom. The van der Waals surface area contributed by atoms with E-state index in [4.69, 9.17) is 10.5 Å². The summed E-state index contributed by atoms with van der Waals surface area (Å²) in [4.78, 5) is 39.2. The summed E-state index contributed by atoms with van der Waals surface area (Å²) >= 11 is 2.57. The Kier molecular flexibility index (Phi) is 4.54. The zero-order chi connectivity index (χ0) is 17.1. The molecule has 0 aliphatic carbocycles. The van der Waals surface area contributed by atoms with Gasteiger partial charge in [0.05, 0.1) is 26.9 Å². The van der Waals surface area contributed by atoms with Gasteiger partial charge in [-0.05, 0) is 29.6 Å². The number of ether oxygens (including phenoxy) is 1. The van der Waals surface area contributed by atoms with Crippen LogP contribution < -0.4 is 11.1 Å². The number of thiazole rings is 1. The van der Waals surface area contributed by atoms with E-state index >= 15 is 0 Å². The van der Waals surface area contributed by atoms with Crippen molar-refractivity contribution < 1.29 is 19.1 Å². The SMILES string of the molecule is NC(=O)c1ccsc1NC(=O)COC(=O)c1ccc2ncsc2c1. The minimum Gasteiger partial charge on any atom is -0.452 e. The van der Waals surface area contributed by atoms with Gasteiger partial charge in [-0.15, -0.1) is 22.7 Å². The number of esters is 1. The van der Waals surface area contributed by atoms with Crippen LogP contribution in [-0.2, 0) is 9.53 Å². The summed E-state index contributed by atoms with van der Waals surface area (Å²) in [5.41, 5.74) is 8.24. The first-order valence-electron chi connectivity index (χ1n) is 6.72. The van der Waals surface area contributed by atoms with Crippen LogP contribution in [0, 0.1) is 0 Å². The van der Waals surface area contributed by atoms with Gasteiger partial charge in [0.25, 0.3) is 11.8 Å². The van der Waals surface area contributed by atoms with Gasteiger partial charge >= 0.3 is 5.97 Å². The Morgan fingerprint density at radius 2 is 2.04 bits per heavy atom. The topological polar surface area (TPSA) is 111 Å². The molecule has 0 saturated heterocycles. The Labute approximate surface area is 144 Å². The third kappa shape index (κ3) is 3.42. The molecule has 3 N–H and O–H groups in total. The molecular formula is C15H11N3O4S2. The Morgan fingerprint density at radius 3 is 2.83 bits per heavy atom. The normalized spacial score (nSPS) is 10.5. The maximum absolute atomic E-state index is 12.0. The molecule has 3 rings (SSSR count). The molecule has 122 valence electrons. The lowest BCUT2D eigenvalue weighted by molar-refractivity contribution is -0.119. The van der Waals surface area contributed by atoms with Crippen LogP contribution in [0.1, 0.15) is 20.7 Å². The van der Waals surface area contributed by atoms with Crippen molar-refractivity contribution in [1.82, 2.24) is 4.98 Å². The summed E-state index contributed by atoms with van der Waals surface area (Å²) in [7, 11) is 0. The van der Waals surface area contributed by atoms with E-state index in [0.29, 0.717) is 10.6 Å².